The van der Waals surface area contributed by atoms with Gasteiger partial charge in [-0.1, -0.05) is 6.92 Å². The molecule has 0 bridgehead atoms. The maximum absolute atomic E-state index is 11.2. The lowest BCUT2D eigenvalue weighted by Crippen LogP contribution is -2.56. The van der Waals surface area contributed by atoms with E-state index in [4.69, 9.17) is 18.9 Å². The van der Waals surface area contributed by atoms with E-state index in [2.05, 4.69) is 0 Å². The van der Waals surface area contributed by atoms with Crippen LogP contribution in [0.1, 0.15) is 34.6 Å². The van der Waals surface area contributed by atoms with E-state index in [1.807, 2.05) is 0 Å². The van der Waals surface area contributed by atoms with Crippen LogP contribution in [0, 0.1) is 5.92 Å². The first-order valence-corrected chi connectivity index (χ1v) is 6.39. The first kappa shape index (κ1) is 16.4. The lowest BCUT2D eigenvalue weighted by Gasteiger charge is -2.42. The molecule has 1 unspecified atom stereocenters. The van der Waals surface area contributed by atoms with Crippen molar-refractivity contribution < 1.29 is 33.3 Å². The molecular weight excluding hydrogens is 268 g/mol. The Kier molecular flexibility index (Phi) is 5.50. The number of hydrogen-bond acceptors (Lipinski definition) is 7. The molecule has 0 aromatic rings. The Morgan fingerprint density at radius 1 is 0.800 bits per heavy atom. The molecule has 0 spiro atoms. The van der Waals surface area contributed by atoms with Gasteiger partial charge < -0.3 is 18.9 Å². The van der Waals surface area contributed by atoms with Gasteiger partial charge in [-0.3, -0.25) is 14.4 Å². The minimum Gasteiger partial charge on any atom is -0.458 e. The van der Waals surface area contributed by atoms with Gasteiger partial charge in [0.25, 0.3) is 0 Å². The van der Waals surface area contributed by atoms with Crippen LogP contribution in [-0.2, 0) is 33.3 Å². The van der Waals surface area contributed by atoms with Crippen molar-refractivity contribution in [3.63, 3.8) is 0 Å². The second kappa shape index (κ2) is 6.69. The molecule has 1 saturated heterocycles. The second-order valence-electron chi connectivity index (χ2n) is 4.83. The van der Waals surface area contributed by atoms with Crippen LogP contribution in [-0.4, -0.2) is 42.5 Å². The summed E-state index contributed by atoms with van der Waals surface area (Å²) in [5.74, 6) is -1.87. The van der Waals surface area contributed by atoms with Crippen molar-refractivity contribution in [1.82, 2.24) is 0 Å². The van der Waals surface area contributed by atoms with Crippen molar-refractivity contribution >= 4 is 17.9 Å². The predicted octanol–water partition coefficient (Wildman–Crippen LogP) is 0.794. The third kappa shape index (κ3) is 4.19. The quantitative estimate of drug-likeness (QED) is 0.560. The summed E-state index contributed by atoms with van der Waals surface area (Å²) in [7, 11) is 0. The number of esters is 3. The van der Waals surface area contributed by atoms with Crippen molar-refractivity contribution in [2.45, 2.75) is 59.2 Å². The summed E-state index contributed by atoms with van der Waals surface area (Å²) in [6.45, 7) is 7.27. The summed E-state index contributed by atoms with van der Waals surface area (Å²) in [5.41, 5.74) is 0. The number of carbonyl (C=O) groups excluding carboxylic acids is 3. The van der Waals surface area contributed by atoms with Crippen LogP contribution >= 0.6 is 0 Å². The lowest BCUT2D eigenvalue weighted by molar-refractivity contribution is -0.278. The Hall–Kier alpha value is -1.63. The van der Waals surface area contributed by atoms with Gasteiger partial charge >= 0.3 is 17.9 Å². The van der Waals surface area contributed by atoms with Gasteiger partial charge in [0.05, 0.1) is 6.10 Å². The number of rotatable bonds is 3. The summed E-state index contributed by atoms with van der Waals surface area (Å²) in [4.78, 5) is 33.5. The first-order valence-electron chi connectivity index (χ1n) is 6.39. The third-order valence-corrected chi connectivity index (χ3v) is 3.09. The summed E-state index contributed by atoms with van der Waals surface area (Å²) < 4.78 is 20.9. The highest BCUT2D eigenvalue weighted by Gasteiger charge is 2.48. The predicted molar refractivity (Wildman–Crippen MR) is 66.4 cm³/mol. The van der Waals surface area contributed by atoms with Crippen LogP contribution in [0.25, 0.3) is 0 Å². The third-order valence-electron chi connectivity index (χ3n) is 3.09. The molecular formula is C13H20O7. The Labute approximate surface area is 117 Å². The highest BCUT2D eigenvalue weighted by Crippen LogP contribution is 2.31. The van der Waals surface area contributed by atoms with Gasteiger partial charge in [0.2, 0.25) is 12.4 Å². The van der Waals surface area contributed by atoms with Crippen molar-refractivity contribution in [3.8, 4) is 0 Å². The van der Waals surface area contributed by atoms with Crippen LogP contribution in [0.15, 0.2) is 0 Å². The molecule has 1 rings (SSSR count). The molecule has 0 aromatic heterocycles. The highest BCUT2D eigenvalue weighted by atomic mass is 16.7. The standard InChI is InChI=1S/C13H20O7/c1-6-7(2)17-13(20-10(5)16)12(19-9(4)15)11(6)18-8(3)14/h6-7,11-13H,1-5H3/t6-,7-,11+,12+,13?/m1/s1. The molecule has 20 heavy (non-hydrogen) atoms. The molecule has 0 N–H and O–H groups in total. The Bertz CT molecular complexity index is 392. The van der Waals surface area contributed by atoms with E-state index in [1.54, 1.807) is 13.8 Å². The summed E-state index contributed by atoms with van der Waals surface area (Å²) in [6, 6.07) is 0. The molecule has 0 radical (unpaired) electrons. The fourth-order valence-electron chi connectivity index (χ4n) is 2.07. The van der Waals surface area contributed by atoms with Crippen LogP contribution in [0.4, 0.5) is 0 Å². The van der Waals surface area contributed by atoms with Crippen molar-refractivity contribution in [2.75, 3.05) is 0 Å². The van der Waals surface area contributed by atoms with Gasteiger partial charge in [-0.15, -0.1) is 0 Å². The van der Waals surface area contributed by atoms with E-state index in [0.717, 1.165) is 0 Å². The van der Waals surface area contributed by atoms with Crippen molar-refractivity contribution in [3.05, 3.63) is 0 Å². The smallest absolute Gasteiger partial charge is 0.305 e. The van der Waals surface area contributed by atoms with Crippen LogP contribution in [0.5, 0.6) is 0 Å². The molecule has 1 heterocycles. The largest absolute Gasteiger partial charge is 0.458 e. The molecule has 7 nitrogen and oxygen atoms in total. The van der Waals surface area contributed by atoms with Gasteiger partial charge in [0.1, 0.15) is 6.10 Å². The maximum atomic E-state index is 11.2. The molecule has 0 aromatic carbocycles. The fourth-order valence-corrected chi connectivity index (χ4v) is 2.07. The highest BCUT2D eigenvalue weighted by molar-refractivity contribution is 5.68. The van der Waals surface area contributed by atoms with Gasteiger partial charge in [-0.25, -0.2) is 0 Å². The minimum atomic E-state index is -1.09. The van der Waals surface area contributed by atoms with Crippen molar-refractivity contribution in [1.29, 1.82) is 0 Å². The second-order valence-corrected chi connectivity index (χ2v) is 4.83. The fraction of sp³-hybridized carbons (Fsp3) is 0.769. The molecule has 1 aliphatic rings. The van der Waals surface area contributed by atoms with E-state index in [-0.39, 0.29) is 12.0 Å². The van der Waals surface area contributed by atoms with Crippen LogP contribution in [0.3, 0.4) is 0 Å². The number of ether oxygens (including phenoxy) is 4. The normalized spacial score (nSPS) is 33.1. The van der Waals surface area contributed by atoms with Crippen LogP contribution in [0.2, 0.25) is 0 Å². The monoisotopic (exact) mass is 288 g/mol. The zero-order chi connectivity index (χ0) is 15.4. The Morgan fingerprint density at radius 3 is 1.70 bits per heavy atom. The van der Waals surface area contributed by atoms with Crippen molar-refractivity contribution in [2.24, 2.45) is 5.92 Å². The van der Waals surface area contributed by atoms with Gasteiger partial charge in [-0.2, -0.15) is 0 Å². The zero-order valence-corrected chi connectivity index (χ0v) is 12.2. The molecule has 0 aliphatic carbocycles. The topological polar surface area (TPSA) is 88.1 Å². The number of hydrogen-bond donors (Lipinski definition) is 0. The molecule has 0 saturated carbocycles. The molecule has 7 heteroatoms. The van der Waals surface area contributed by atoms with E-state index in [9.17, 15) is 14.4 Å². The zero-order valence-electron chi connectivity index (χ0n) is 12.2. The Balaban J connectivity index is 3.00. The average Bonchev–Trinajstić information content (AvgIpc) is 2.28. The molecule has 114 valence electrons. The van der Waals surface area contributed by atoms with E-state index < -0.39 is 36.4 Å². The van der Waals surface area contributed by atoms with Gasteiger partial charge in [0.15, 0.2) is 0 Å². The Morgan fingerprint density at radius 2 is 1.25 bits per heavy atom. The first-order chi connectivity index (χ1) is 9.22. The molecule has 1 fully saturated rings. The van der Waals surface area contributed by atoms with Gasteiger partial charge in [0, 0.05) is 26.7 Å². The number of carbonyl (C=O) groups is 3. The van der Waals surface area contributed by atoms with Gasteiger partial charge in [-0.05, 0) is 6.92 Å². The SMILES string of the molecule is CC(=O)OC1O[C@H](C)[C@@H](C)[C@H](OC(C)=O)[C@@H]1OC(C)=O. The molecule has 0 amide bonds. The van der Waals surface area contributed by atoms with Crippen LogP contribution < -0.4 is 0 Å². The summed E-state index contributed by atoms with van der Waals surface area (Å²) in [6.07, 6.45) is -3.13. The minimum absolute atomic E-state index is 0.213. The maximum Gasteiger partial charge on any atom is 0.305 e. The molecule has 5 atom stereocenters. The summed E-state index contributed by atoms with van der Waals surface area (Å²) in [5, 5.41) is 0. The molecule has 1 aliphatic heterocycles. The van der Waals surface area contributed by atoms with E-state index >= 15 is 0 Å². The van der Waals surface area contributed by atoms with E-state index in [0.29, 0.717) is 0 Å². The van der Waals surface area contributed by atoms with E-state index in [1.165, 1.54) is 20.8 Å². The average molecular weight is 288 g/mol. The summed E-state index contributed by atoms with van der Waals surface area (Å²) >= 11 is 0. The lowest BCUT2D eigenvalue weighted by atomic mass is 9.91.